The van der Waals surface area contributed by atoms with Crippen LogP contribution in [-0.4, -0.2) is 43.1 Å². The van der Waals surface area contributed by atoms with Crippen molar-refractivity contribution in [3.63, 3.8) is 0 Å². The van der Waals surface area contributed by atoms with E-state index in [0.29, 0.717) is 6.42 Å². The second kappa shape index (κ2) is 3.39. The first kappa shape index (κ1) is 12.3. The predicted molar refractivity (Wildman–Crippen MR) is 48.7 cm³/mol. The fourth-order valence-electron chi connectivity index (χ4n) is 1.83. The van der Waals surface area contributed by atoms with Gasteiger partial charge in [-0.05, 0) is 26.4 Å². The van der Waals surface area contributed by atoms with Crippen molar-refractivity contribution < 1.29 is 28.7 Å². The molecule has 4 N–H and O–H groups in total. The molecule has 0 amide bonds. The first-order chi connectivity index (χ1) is 6.13. The summed E-state index contributed by atoms with van der Waals surface area (Å²) in [6.07, 6.45) is 0.185. The Hall–Kier alpha value is 0.260. The second-order valence-corrected chi connectivity index (χ2v) is 7.40. The Labute approximate surface area is 81.1 Å². The van der Waals surface area contributed by atoms with Crippen LogP contribution in [0.5, 0.6) is 0 Å². The van der Waals surface area contributed by atoms with Gasteiger partial charge in [-0.1, -0.05) is 0 Å². The zero-order valence-corrected chi connectivity index (χ0v) is 9.36. The van der Waals surface area contributed by atoms with Gasteiger partial charge in [-0.2, -0.15) is 0 Å². The lowest BCUT2D eigenvalue weighted by atomic mass is 10.4. The van der Waals surface area contributed by atoms with Gasteiger partial charge in [0.15, 0.2) is 0 Å². The molecule has 0 bridgehead atoms. The van der Waals surface area contributed by atoms with E-state index in [2.05, 4.69) is 0 Å². The third-order valence-corrected chi connectivity index (χ3v) is 7.11. The van der Waals surface area contributed by atoms with Gasteiger partial charge in [-0.25, -0.2) is 0 Å². The third-order valence-electron chi connectivity index (χ3n) is 2.55. The molecule has 0 saturated carbocycles. The highest BCUT2D eigenvalue weighted by molar-refractivity contribution is 7.72. The summed E-state index contributed by atoms with van der Waals surface area (Å²) >= 11 is 0. The summed E-state index contributed by atoms with van der Waals surface area (Å²) in [4.78, 5) is 37.3. The Morgan fingerprint density at radius 3 is 1.71 bits per heavy atom. The number of likely N-dealkylation sites (tertiary alicyclic amines) is 1. The van der Waals surface area contributed by atoms with E-state index < -0.39 is 20.2 Å². The van der Waals surface area contributed by atoms with Crippen LogP contribution in [0.25, 0.3) is 0 Å². The summed E-state index contributed by atoms with van der Waals surface area (Å²) in [5.41, 5.74) is 0. The van der Waals surface area contributed by atoms with Crippen molar-refractivity contribution in [2.75, 3.05) is 13.6 Å². The van der Waals surface area contributed by atoms with E-state index in [1.54, 1.807) is 0 Å². The zero-order valence-electron chi connectivity index (χ0n) is 7.57. The maximum atomic E-state index is 11.2. The number of hydrogen-bond acceptors (Lipinski definition) is 3. The number of rotatable bonds is 2. The highest BCUT2D eigenvalue weighted by Crippen LogP contribution is 2.73. The van der Waals surface area contributed by atoms with Crippen LogP contribution in [0.2, 0.25) is 0 Å². The number of hydrogen-bond donors (Lipinski definition) is 4. The van der Waals surface area contributed by atoms with Crippen molar-refractivity contribution >= 4 is 15.2 Å². The van der Waals surface area contributed by atoms with Gasteiger partial charge in [0.25, 0.3) is 0 Å². The van der Waals surface area contributed by atoms with E-state index >= 15 is 0 Å². The van der Waals surface area contributed by atoms with Crippen molar-refractivity contribution in [1.29, 1.82) is 0 Å². The molecule has 84 valence electrons. The average Bonchev–Trinajstić information content (AvgIpc) is 2.27. The maximum Gasteiger partial charge on any atom is 0.358 e. The van der Waals surface area contributed by atoms with Crippen LogP contribution in [0.15, 0.2) is 0 Å². The predicted octanol–water partition coefficient (Wildman–Crippen LogP) is -0.279. The van der Waals surface area contributed by atoms with Crippen LogP contribution in [0, 0.1) is 0 Å². The summed E-state index contributed by atoms with van der Waals surface area (Å²) < 4.78 is 22.3. The molecule has 0 aromatic carbocycles. The lowest BCUT2D eigenvalue weighted by molar-refractivity contribution is 0.223. The van der Waals surface area contributed by atoms with Gasteiger partial charge in [-0.15, -0.1) is 0 Å². The minimum absolute atomic E-state index is 0.182. The summed E-state index contributed by atoms with van der Waals surface area (Å²) in [6.45, 7) is 0.274. The molecule has 0 aromatic heterocycles. The normalized spacial score (nSPS) is 24.1. The van der Waals surface area contributed by atoms with Crippen LogP contribution in [-0.2, 0) is 9.13 Å². The molecule has 14 heavy (non-hydrogen) atoms. The third kappa shape index (κ3) is 1.59. The van der Waals surface area contributed by atoms with Gasteiger partial charge in [-0.3, -0.25) is 14.0 Å². The topological polar surface area (TPSA) is 118 Å². The van der Waals surface area contributed by atoms with Crippen LogP contribution >= 0.6 is 15.2 Å². The molecule has 1 aliphatic rings. The van der Waals surface area contributed by atoms with Gasteiger partial charge in [0.1, 0.15) is 0 Å². The van der Waals surface area contributed by atoms with E-state index in [-0.39, 0.29) is 13.0 Å². The Morgan fingerprint density at radius 2 is 1.57 bits per heavy atom. The Bertz CT molecular complexity index is 296. The highest BCUT2D eigenvalue weighted by Gasteiger charge is 2.64. The fourth-order valence-corrected chi connectivity index (χ4v) is 5.17. The summed E-state index contributed by atoms with van der Waals surface area (Å²) in [5.74, 6) is 0. The van der Waals surface area contributed by atoms with Gasteiger partial charge in [0, 0.05) is 0 Å². The summed E-state index contributed by atoms with van der Waals surface area (Å²) in [7, 11) is -8.41. The van der Waals surface area contributed by atoms with Gasteiger partial charge >= 0.3 is 15.2 Å². The quantitative estimate of drug-likeness (QED) is 0.494. The first-order valence-corrected chi connectivity index (χ1v) is 7.18. The molecule has 1 heterocycles. The first-order valence-electron chi connectivity index (χ1n) is 3.95. The molecule has 9 heteroatoms. The standard InChI is InChI=1S/C5H13NO6P2/c1-6-4-2-3-5(6,13(7,8)9)14(10,11)12/h2-4H2,1H3,(H2,7,8,9)(H2,10,11,12). The molecule has 0 aromatic rings. The maximum absolute atomic E-state index is 11.2. The molecule has 0 atom stereocenters. The van der Waals surface area contributed by atoms with Crippen LogP contribution in [0.1, 0.15) is 12.8 Å². The van der Waals surface area contributed by atoms with Crippen molar-refractivity contribution in [3.8, 4) is 0 Å². The molecule has 1 aliphatic heterocycles. The number of nitrogens with zero attached hydrogens (tertiary/aromatic N) is 1. The monoisotopic (exact) mass is 245 g/mol. The van der Waals surface area contributed by atoms with Crippen molar-refractivity contribution in [1.82, 2.24) is 4.90 Å². The van der Waals surface area contributed by atoms with Crippen molar-refractivity contribution in [2.24, 2.45) is 0 Å². The molecule has 0 unspecified atom stereocenters. The molecular weight excluding hydrogens is 232 g/mol. The van der Waals surface area contributed by atoms with Gasteiger partial charge < -0.3 is 19.6 Å². The molecule has 1 saturated heterocycles. The molecule has 0 radical (unpaired) electrons. The molecular formula is C5H13NO6P2. The van der Waals surface area contributed by atoms with E-state index in [0.717, 1.165) is 4.90 Å². The minimum Gasteiger partial charge on any atom is -0.323 e. The van der Waals surface area contributed by atoms with Crippen LogP contribution in [0.4, 0.5) is 0 Å². The fraction of sp³-hybridized carbons (Fsp3) is 1.00. The lowest BCUT2D eigenvalue weighted by Gasteiger charge is -2.36. The summed E-state index contributed by atoms with van der Waals surface area (Å²) in [5, 5.41) is -2.31. The molecule has 7 nitrogen and oxygen atoms in total. The molecule has 1 fully saturated rings. The summed E-state index contributed by atoms with van der Waals surface area (Å²) in [6, 6.07) is 0. The molecule has 0 aliphatic carbocycles. The molecule has 1 rings (SSSR count). The van der Waals surface area contributed by atoms with E-state index in [4.69, 9.17) is 19.6 Å². The van der Waals surface area contributed by atoms with Gasteiger partial charge in [0.05, 0.1) is 0 Å². The van der Waals surface area contributed by atoms with E-state index in [1.165, 1.54) is 7.05 Å². The Balaban J connectivity index is 3.31. The van der Waals surface area contributed by atoms with Crippen LogP contribution in [0.3, 0.4) is 0 Å². The smallest absolute Gasteiger partial charge is 0.323 e. The largest absolute Gasteiger partial charge is 0.358 e. The minimum atomic E-state index is -4.86. The van der Waals surface area contributed by atoms with Gasteiger partial charge in [0.2, 0.25) is 5.02 Å². The molecule has 0 spiro atoms. The van der Waals surface area contributed by atoms with Crippen molar-refractivity contribution in [3.05, 3.63) is 0 Å². The Kier molecular flexibility index (Phi) is 2.98. The lowest BCUT2D eigenvalue weighted by Crippen LogP contribution is -2.40. The van der Waals surface area contributed by atoms with E-state index in [9.17, 15) is 9.13 Å². The second-order valence-electron chi connectivity index (χ2n) is 3.39. The SMILES string of the molecule is CN1CCCC1(P(=O)(O)O)P(=O)(O)O. The highest BCUT2D eigenvalue weighted by atomic mass is 31.2. The van der Waals surface area contributed by atoms with Crippen LogP contribution < -0.4 is 0 Å². The van der Waals surface area contributed by atoms with E-state index in [1.807, 2.05) is 0 Å². The van der Waals surface area contributed by atoms with Crippen molar-refractivity contribution in [2.45, 2.75) is 17.9 Å². The average molecular weight is 245 g/mol. The Morgan fingerprint density at radius 1 is 1.14 bits per heavy atom. The zero-order chi connectivity index (χ0) is 11.2.